The summed E-state index contributed by atoms with van der Waals surface area (Å²) in [6.07, 6.45) is -3.96. The topological polar surface area (TPSA) is 26.3 Å². The van der Waals surface area contributed by atoms with E-state index in [0.717, 1.165) is 6.07 Å². The summed E-state index contributed by atoms with van der Waals surface area (Å²) in [5.74, 6) is -0.653. The summed E-state index contributed by atoms with van der Waals surface area (Å²) in [6.45, 7) is -0.00801. The molecular weight excluding hydrogens is 209 g/mol. The van der Waals surface area contributed by atoms with Crippen molar-refractivity contribution in [2.24, 2.45) is 0 Å². The molecule has 1 aliphatic rings. The van der Waals surface area contributed by atoms with Gasteiger partial charge in [0.1, 0.15) is 18.6 Å². The molecule has 1 atom stereocenters. The minimum atomic E-state index is -4.44. The summed E-state index contributed by atoms with van der Waals surface area (Å²) in [6, 6.07) is 3.67. The third kappa shape index (κ3) is 1.58. The highest BCUT2D eigenvalue weighted by atomic mass is 19.4. The number of ether oxygens (including phenoxy) is 1. The number of carbonyl (C=O) groups excluding carboxylic acids is 1. The fraction of sp³-hybridized carbons (Fsp3) is 0.300. The summed E-state index contributed by atoms with van der Waals surface area (Å²) < 4.78 is 42.8. The van der Waals surface area contributed by atoms with Gasteiger partial charge in [-0.15, -0.1) is 0 Å². The van der Waals surface area contributed by atoms with Gasteiger partial charge < -0.3 is 9.53 Å². The van der Waals surface area contributed by atoms with Gasteiger partial charge >= 0.3 is 6.18 Å². The molecule has 0 aliphatic carbocycles. The number of aldehydes is 1. The van der Waals surface area contributed by atoms with Crippen LogP contribution in [0.1, 0.15) is 17.0 Å². The Morgan fingerprint density at radius 2 is 2.13 bits per heavy atom. The van der Waals surface area contributed by atoms with E-state index in [1.54, 1.807) is 0 Å². The number of rotatable bonds is 1. The van der Waals surface area contributed by atoms with Crippen molar-refractivity contribution >= 4 is 6.29 Å². The number of benzene rings is 1. The standard InChI is InChI=1S/C10H7F3O2/c11-10(12,13)7-2-1-3-8-9(7)6(4-14)5-15-8/h1-4,6H,5H2. The second-order valence-corrected chi connectivity index (χ2v) is 3.27. The van der Waals surface area contributed by atoms with Gasteiger partial charge in [-0.2, -0.15) is 13.2 Å². The molecule has 15 heavy (non-hydrogen) atoms. The third-order valence-electron chi connectivity index (χ3n) is 2.32. The predicted octanol–water partition coefficient (Wildman–Crippen LogP) is 2.38. The van der Waals surface area contributed by atoms with Crippen molar-refractivity contribution < 1.29 is 22.7 Å². The molecule has 0 bridgehead atoms. The Morgan fingerprint density at radius 1 is 1.40 bits per heavy atom. The Morgan fingerprint density at radius 3 is 2.73 bits per heavy atom. The maximum atomic E-state index is 12.6. The van der Waals surface area contributed by atoms with E-state index >= 15 is 0 Å². The largest absolute Gasteiger partial charge is 0.492 e. The van der Waals surface area contributed by atoms with Crippen molar-refractivity contribution in [3.8, 4) is 5.75 Å². The first kappa shape index (κ1) is 10.0. The van der Waals surface area contributed by atoms with Crippen LogP contribution in [0.2, 0.25) is 0 Å². The Kier molecular flexibility index (Phi) is 2.17. The molecule has 0 spiro atoms. The fourth-order valence-corrected chi connectivity index (χ4v) is 1.67. The Bertz CT molecular complexity index is 398. The van der Waals surface area contributed by atoms with Gasteiger partial charge in [-0.3, -0.25) is 0 Å². The molecule has 0 saturated carbocycles. The van der Waals surface area contributed by atoms with Crippen LogP contribution in [0.4, 0.5) is 13.2 Å². The normalized spacial score (nSPS) is 19.5. The van der Waals surface area contributed by atoms with Crippen LogP contribution in [0.5, 0.6) is 5.75 Å². The first-order valence-corrected chi connectivity index (χ1v) is 4.32. The number of hydrogen-bond donors (Lipinski definition) is 0. The van der Waals surface area contributed by atoms with E-state index in [9.17, 15) is 18.0 Å². The van der Waals surface area contributed by atoms with Crippen molar-refractivity contribution in [3.63, 3.8) is 0 Å². The molecule has 1 aliphatic heterocycles. The first-order valence-electron chi connectivity index (χ1n) is 4.32. The molecule has 0 aromatic heterocycles. The smallest absolute Gasteiger partial charge is 0.416 e. The molecule has 1 aromatic carbocycles. The van der Waals surface area contributed by atoms with E-state index in [0.29, 0.717) is 6.29 Å². The molecule has 5 heteroatoms. The zero-order valence-electron chi connectivity index (χ0n) is 7.54. The molecule has 0 N–H and O–H groups in total. The molecule has 80 valence electrons. The maximum absolute atomic E-state index is 12.6. The number of fused-ring (bicyclic) bond motifs is 1. The van der Waals surface area contributed by atoms with E-state index in [2.05, 4.69) is 0 Å². The molecule has 1 aromatic rings. The van der Waals surface area contributed by atoms with Crippen LogP contribution >= 0.6 is 0 Å². The SMILES string of the molecule is O=CC1COc2cccc(C(F)(F)F)c21. The number of carbonyl (C=O) groups is 1. The van der Waals surface area contributed by atoms with Crippen molar-refractivity contribution in [3.05, 3.63) is 29.3 Å². The lowest BCUT2D eigenvalue weighted by Gasteiger charge is -2.11. The van der Waals surface area contributed by atoms with Crippen LogP contribution in [0.3, 0.4) is 0 Å². The average molecular weight is 216 g/mol. The fourth-order valence-electron chi connectivity index (χ4n) is 1.67. The highest BCUT2D eigenvalue weighted by Gasteiger charge is 2.39. The molecule has 0 amide bonds. The van der Waals surface area contributed by atoms with Crippen LogP contribution < -0.4 is 4.74 Å². The van der Waals surface area contributed by atoms with Gasteiger partial charge in [0.2, 0.25) is 0 Å². The number of halogens is 3. The van der Waals surface area contributed by atoms with Crippen molar-refractivity contribution in [2.75, 3.05) is 6.61 Å². The van der Waals surface area contributed by atoms with E-state index < -0.39 is 17.7 Å². The lowest BCUT2D eigenvalue weighted by atomic mass is 9.96. The second-order valence-electron chi connectivity index (χ2n) is 3.27. The van der Waals surface area contributed by atoms with Gasteiger partial charge in [0.05, 0.1) is 11.5 Å². The minimum absolute atomic E-state index is 0.00801. The van der Waals surface area contributed by atoms with Gasteiger partial charge in [0, 0.05) is 5.56 Å². The van der Waals surface area contributed by atoms with Gasteiger partial charge in [0.25, 0.3) is 0 Å². The number of alkyl halides is 3. The summed E-state index contributed by atoms with van der Waals surface area (Å²) in [4.78, 5) is 10.6. The second kappa shape index (κ2) is 3.25. The lowest BCUT2D eigenvalue weighted by molar-refractivity contribution is -0.138. The minimum Gasteiger partial charge on any atom is -0.492 e. The highest BCUT2D eigenvalue weighted by molar-refractivity contribution is 5.68. The molecule has 1 unspecified atom stereocenters. The van der Waals surface area contributed by atoms with Crippen molar-refractivity contribution in [2.45, 2.75) is 12.1 Å². The van der Waals surface area contributed by atoms with E-state index in [-0.39, 0.29) is 17.9 Å². The monoisotopic (exact) mass is 216 g/mol. The summed E-state index contributed by atoms with van der Waals surface area (Å²) in [5.41, 5.74) is -0.824. The summed E-state index contributed by atoms with van der Waals surface area (Å²) in [5, 5.41) is 0. The molecular formula is C10H7F3O2. The van der Waals surface area contributed by atoms with Crippen LogP contribution in [0, 0.1) is 0 Å². The van der Waals surface area contributed by atoms with E-state index in [1.165, 1.54) is 12.1 Å². The summed E-state index contributed by atoms with van der Waals surface area (Å²) in [7, 11) is 0. The van der Waals surface area contributed by atoms with Crippen molar-refractivity contribution in [1.82, 2.24) is 0 Å². The summed E-state index contributed by atoms with van der Waals surface area (Å²) >= 11 is 0. The van der Waals surface area contributed by atoms with Gasteiger partial charge in [-0.25, -0.2) is 0 Å². The maximum Gasteiger partial charge on any atom is 0.416 e. The molecule has 2 nitrogen and oxygen atoms in total. The van der Waals surface area contributed by atoms with Crippen LogP contribution in [0.25, 0.3) is 0 Å². The van der Waals surface area contributed by atoms with E-state index in [1.807, 2.05) is 0 Å². The average Bonchev–Trinajstić information content (AvgIpc) is 2.58. The first-order chi connectivity index (χ1) is 7.04. The van der Waals surface area contributed by atoms with Crippen molar-refractivity contribution in [1.29, 1.82) is 0 Å². The zero-order chi connectivity index (χ0) is 11.1. The van der Waals surface area contributed by atoms with E-state index in [4.69, 9.17) is 4.74 Å². The van der Waals surface area contributed by atoms with Gasteiger partial charge in [0.15, 0.2) is 0 Å². The Balaban J connectivity index is 2.59. The molecule has 0 saturated heterocycles. The highest BCUT2D eigenvalue weighted by Crippen LogP contribution is 2.42. The quantitative estimate of drug-likeness (QED) is 0.673. The third-order valence-corrected chi connectivity index (χ3v) is 2.32. The van der Waals surface area contributed by atoms with Gasteiger partial charge in [-0.05, 0) is 12.1 Å². The lowest BCUT2D eigenvalue weighted by Crippen LogP contribution is -2.11. The van der Waals surface area contributed by atoms with Crippen LogP contribution in [-0.2, 0) is 11.0 Å². The molecule has 1 heterocycles. The molecule has 2 rings (SSSR count). The van der Waals surface area contributed by atoms with Gasteiger partial charge in [-0.1, -0.05) is 6.07 Å². The van der Waals surface area contributed by atoms with Crippen LogP contribution in [-0.4, -0.2) is 12.9 Å². The Labute approximate surface area is 83.7 Å². The molecule has 0 radical (unpaired) electrons. The predicted molar refractivity (Wildman–Crippen MR) is 45.7 cm³/mol. The zero-order valence-corrected chi connectivity index (χ0v) is 7.54. The molecule has 0 fully saturated rings. The number of hydrogen-bond acceptors (Lipinski definition) is 2. The van der Waals surface area contributed by atoms with Crippen LogP contribution in [0.15, 0.2) is 18.2 Å². The Hall–Kier alpha value is -1.52.